The lowest BCUT2D eigenvalue weighted by Crippen LogP contribution is -2.30. The molecule has 3 unspecified atom stereocenters. The molecule has 1 heterocycles. The topological polar surface area (TPSA) is 24.9 Å². The van der Waals surface area contributed by atoms with Gasteiger partial charge in [0.15, 0.2) is 0 Å². The molecule has 0 radical (unpaired) electrons. The zero-order valence-corrected chi connectivity index (χ0v) is 13.1. The maximum absolute atomic E-state index is 6.31. The normalized spacial score (nSPS) is 25.3. The highest BCUT2D eigenvalue weighted by Gasteiger charge is 2.29. The molecule has 19 heavy (non-hydrogen) atoms. The SMILES string of the molecule is CCC1CCCC(C(NC)c2ncc(Cl)cc2Cl)C1. The first-order valence-electron chi connectivity index (χ1n) is 7.13. The van der Waals surface area contributed by atoms with Crippen LogP contribution in [0.4, 0.5) is 0 Å². The van der Waals surface area contributed by atoms with Crippen molar-refractivity contribution in [2.75, 3.05) is 7.05 Å². The Labute approximate surface area is 125 Å². The van der Waals surface area contributed by atoms with E-state index in [-0.39, 0.29) is 6.04 Å². The lowest BCUT2D eigenvalue weighted by Gasteiger charge is -2.34. The van der Waals surface area contributed by atoms with Gasteiger partial charge in [-0.1, -0.05) is 49.4 Å². The fraction of sp³-hybridized carbons (Fsp3) is 0.667. The molecule has 2 rings (SSSR count). The van der Waals surface area contributed by atoms with Crippen molar-refractivity contribution < 1.29 is 0 Å². The first kappa shape index (κ1) is 15.1. The van der Waals surface area contributed by atoms with Gasteiger partial charge in [-0.15, -0.1) is 0 Å². The third kappa shape index (κ3) is 3.62. The highest BCUT2D eigenvalue weighted by molar-refractivity contribution is 6.34. The van der Waals surface area contributed by atoms with E-state index in [0.717, 1.165) is 11.6 Å². The van der Waals surface area contributed by atoms with Gasteiger partial charge in [0, 0.05) is 6.20 Å². The molecule has 0 bridgehead atoms. The van der Waals surface area contributed by atoms with Crippen molar-refractivity contribution in [3.05, 3.63) is 28.0 Å². The van der Waals surface area contributed by atoms with Crippen LogP contribution in [0.15, 0.2) is 12.3 Å². The zero-order valence-electron chi connectivity index (χ0n) is 11.6. The molecule has 0 aliphatic heterocycles. The Morgan fingerprint density at radius 3 is 2.84 bits per heavy atom. The van der Waals surface area contributed by atoms with E-state index in [1.165, 1.54) is 32.1 Å². The fourth-order valence-corrected chi connectivity index (χ4v) is 3.75. The molecule has 0 aromatic carbocycles. The van der Waals surface area contributed by atoms with E-state index < -0.39 is 0 Å². The molecule has 0 saturated heterocycles. The fourth-order valence-electron chi connectivity index (χ4n) is 3.26. The third-order valence-corrected chi connectivity index (χ3v) is 4.82. The largest absolute Gasteiger partial charge is 0.311 e. The summed E-state index contributed by atoms with van der Waals surface area (Å²) in [6, 6.07) is 2.02. The van der Waals surface area contributed by atoms with Crippen LogP contribution in [0.5, 0.6) is 0 Å². The van der Waals surface area contributed by atoms with E-state index in [1.807, 2.05) is 7.05 Å². The molecule has 0 spiro atoms. The van der Waals surface area contributed by atoms with Gasteiger partial charge in [0.25, 0.3) is 0 Å². The highest BCUT2D eigenvalue weighted by Crippen LogP contribution is 2.39. The van der Waals surface area contributed by atoms with Gasteiger partial charge >= 0.3 is 0 Å². The van der Waals surface area contributed by atoms with Crippen LogP contribution < -0.4 is 5.32 Å². The van der Waals surface area contributed by atoms with Crippen molar-refractivity contribution in [1.82, 2.24) is 10.3 Å². The van der Waals surface area contributed by atoms with E-state index in [0.29, 0.717) is 16.0 Å². The minimum Gasteiger partial charge on any atom is -0.311 e. The van der Waals surface area contributed by atoms with Gasteiger partial charge in [0.05, 0.1) is 21.8 Å². The molecule has 1 aromatic rings. The number of aromatic nitrogens is 1. The van der Waals surface area contributed by atoms with Gasteiger partial charge in [-0.2, -0.15) is 0 Å². The van der Waals surface area contributed by atoms with Gasteiger partial charge in [0.1, 0.15) is 0 Å². The Hall–Kier alpha value is -0.310. The second-order valence-corrected chi connectivity index (χ2v) is 6.33. The number of hydrogen-bond donors (Lipinski definition) is 1. The van der Waals surface area contributed by atoms with Crippen LogP contribution >= 0.6 is 23.2 Å². The Morgan fingerprint density at radius 1 is 1.42 bits per heavy atom. The summed E-state index contributed by atoms with van der Waals surface area (Å²) in [4.78, 5) is 4.45. The molecule has 1 N–H and O–H groups in total. The molecular weight excluding hydrogens is 279 g/mol. The van der Waals surface area contributed by atoms with Crippen LogP contribution in [0.3, 0.4) is 0 Å². The molecule has 1 aliphatic carbocycles. The summed E-state index contributed by atoms with van der Waals surface area (Å²) >= 11 is 12.2. The number of rotatable bonds is 4. The maximum atomic E-state index is 6.31. The Bertz CT molecular complexity index is 423. The summed E-state index contributed by atoms with van der Waals surface area (Å²) < 4.78 is 0. The average Bonchev–Trinajstić information content (AvgIpc) is 2.42. The lowest BCUT2D eigenvalue weighted by atomic mass is 9.76. The predicted molar refractivity (Wildman–Crippen MR) is 81.8 cm³/mol. The molecule has 2 nitrogen and oxygen atoms in total. The molecule has 4 heteroatoms. The summed E-state index contributed by atoms with van der Waals surface area (Å²) in [7, 11) is 1.99. The first-order valence-corrected chi connectivity index (χ1v) is 7.89. The molecular formula is C15H22Cl2N2. The maximum Gasteiger partial charge on any atom is 0.0762 e. The van der Waals surface area contributed by atoms with Crippen LogP contribution in [0.1, 0.15) is 50.8 Å². The van der Waals surface area contributed by atoms with Crippen LogP contribution in [0.25, 0.3) is 0 Å². The number of nitrogens with zero attached hydrogens (tertiary/aromatic N) is 1. The Morgan fingerprint density at radius 2 is 2.21 bits per heavy atom. The molecule has 0 amide bonds. The summed E-state index contributed by atoms with van der Waals surface area (Å²) in [5.74, 6) is 1.47. The van der Waals surface area contributed by atoms with Crippen LogP contribution in [0.2, 0.25) is 10.0 Å². The van der Waals surface area contributed by atoms with Crippen molar-refractivity contribution in [2.24, 2.45) is 11.8 Å². The summed E-state index contributed by atoms with van der Waals surface area (Å²) in [6.45, 7) is 2.29. The van der Waals surface area contributed by atoms with E-state index in [2.05, 4.69) is 17.2 Å². The smallest absolute Gasteiger partial charge is 0.0762 e. The highest BCUT2D eigenvalue weighted by atomic mass is 35.5. The van der Waals surface area contributed by atoms with E-state index >= 15 is 0 Å². The van der Waals surface area contributed by atoms with Gasteiger partial charge in [-0.05, 0) is 37.8 Å². The Balaban J connectivity index is 2.19. The van der Waals surface area contributed by atoms with Crippen molar-refractivity contribution in [3.63, 3.8) is 0 Å². The molecule has 1 aromatic heterocycles. The van der Waals surface area contributed by atoms with Crippen molar-refractivity contribution in [2.45, 2.75) is 45.1 Å². The monoisotopic (exact) mass is 300 g/mol. The number of hydrogen-bond acceptors (Lipinski definition) is 2. The number of nitrogens with one attached hydrogen (secondary N) is 1. The van der Waals surface area contributed by atoms with Gasteiger partial charge < -0.3 is 5.32 Å². The average molecular weight is 301 g/mol. The molecule has 1 fully saturated rings. The second kappa shape index (κ2) is 6.92. The van der Waals surface area contributed by atoms with Crippen LogP contribution in [-0.4, -0.2) is 12.0 Å². The summed E-state index contributed by atoms with van der Waals surface area (Å²) in [5, 5.41) is 4.67. The minimum atomic E-state index is 0.235. The second-order valence-electron chi connectivity index (χ2n) is 5.49. The van der Waals surface area contributed by atoms with Crippen molar-refractivity contribution >= 4 is 23.2 Å². The first-order chi connectivity index (χ1) is 9.15. The van der Waals surface area contributed by atoms with Gasteiger partial charge in [0.2, 0.25) is 0 Å². The van der Waals surface area contributed by atoms with E-state index in [9.17, 15) is 0 Å². The van der Waals surface area contributed by atoms with Crippen molar-refractivity contribution in [1.29, 1.82) is 0 Å². The lowest BCUT2D eigenvalue weighted by molar-refractivity contribution is 0.212. The van der Waals surface area contributed by atoms with Crippen LogP contribution in [-0.2, 0) is 0 Å². The number of pyridine rings is 1. The molecule has 3 atom stereocenters. The summed E-state index contributed by atoms with van der Waals surface area (Å²) in [5.41, 5.74) is 0.940. The van der Waals surface area contributed by atoms with Crippen molar-refractivity contribution in [3.8, 4) is 0 Å². The van der Waals surface area contributed by atoms with Crippen LogP contribution in [0, 0.1) is 11.8 Å². The molecule has 1 saturated carbocycles. The standard InChI is InChI=1S/C15H22Cl2N2/c1-3-10-5-4-6-11(7-10)14(18-2)15-13(17)8-12(16)9-19-15/h8-11,14,18H,3-7H2,1-2H3. The predicted octanol–water partition coefficient (Wildman–Crippen LogP) is 4.87. The van der Waals surface area contributed by atoms with Gasteiger partial charge in [-0.25, -0.2) is 0 Å². The quantitative estimate of drug-likeness (QED) is 0.858. The molecule has 1 aliphatic rings. The minimum absolute atomic E-state index is 0.235. The number of halogens is 2. The van der Waals surface area contributed by atoms with E-state index in [4.69, 9.17) is 23.2 Å². The zero-order chi connectivity index (χ0) is 13.8. The third-order valence-electron chi connectivity index (χ3n) is 4.31. The van der Waals surface area contributed by atoms with E-state index in [1.54, 1.807) is 12.3 Å². The van der Waals surface area contributed by atoms with Gasteiger partial charge in [-0.3, -0.25) is 4.98 Å². The molecule has 106 valence electrons. The Kier molecular flexibility index (Phi) is 5.49. The summed E-state index contributed by atoms with van der Waals surface area (Å²) in [6.07, 6.45) is 8.16.